The van der Waals surface area contributed by atoms with E-state index in [2.05, 4.69) is 107 Å². The van der Waals surface area contributed by atoms with Gasteiger partial charge in [-0.15, -0.1) is 0 Å². The monoisotopic (exact) mass is 1270 g/mol. The fourth-order valence-corrected chi connectivity index (χ4v) is 17.2. The van der Waals surface area contributed by atoms with E-state index in [1.54, 1.807) is 0 Å². The Kier molecular flexibility index (Phi) is 15.7. The summed E-state index contributed by atoms with van der Waals surface area (Å²) in [5, 5.41) is 19.3. The lowest BCUT2D eigenvalue weighted by Gasteiger charge is -2.17. The normalized spacial score (nSPS) is 21.1. The first-order valence-electron chi connectivity index (χ1n) is 34.0. The number of rotatable bonds is 9. The number of benzene rings is 7. The van der Waals surface area contributed by atoms with Crippen LogP contribution in [0.15, 0.2) is 195 Å². The van der Waals surface area contributed by atoms with E-state index in [4.69, 9.17) is 0 Å². The first-order valence-corrected chi connectivity index (χ1v) is 34.0. The lowest BCUT2D eigenvalue weighted by Crippen LogP contribution is -2.28. The molecule has 19 rings (SSSR count). The average molecular weight is 1270 g/mol. The molecule has 13 aromatic rings. The van der Waals surface area contributed by atoms with E-state index in [0.29, 0.717) is 0 Å². The van der Waals surface area contributed by atoms with Gasteiger partial charge in [-0.3, -0.25) is 28.8 Å². The van der Waals surface area contributed by atoms with Gasteiger partial charge in [0.05, 0.1) is 77.4 Å². The van der Waals surface area contributed by atoms with Crippen LogP contribution in [0.5, 0.6) is 0 Å². The van der Waals surface area contributed by atoms with Crippen molar-refractivity contribution in [2.75, 3.05) is 7.05 Å². The third-order valence-electron chi connectivity index (χ3n) is 21.6. The third-order valence-corrected chi connectivity index (χ3v) is 21.6. The quantitative estimate of drug-likeness (QED) is 0.0880. The maximum Gasteiger partial charge on any atom is 0.148 e. The number of carbonyl (C=O) groups excluding carboxylic acids is 6. The van der Waals surface area contributed by atoms with Gasteiger partial charge < -0.3 is 39.1 Å². The van der Waals surface area contributed by atoms with Crippen LogP contribution < -0.4 is 5.32 Å². The van der Waals surface area contributed by atoms with E-state index in [-0.39, 0.29) is 60.0 Å². The van der Waals surface area contributed by atoms with E-state index >= 15 is 0 Å². The van der Waals surface area contributed by atoms with Crippen molar-refractivity contribution in [3.05, 3.63) is 251 Å². The van der Waals surface area contributed by atoms with Crippen molar-refractivity contribution in [1.29, 1.82) is 0 Å². The highest BCUT2D eigenvalue weighted by Crippen LogP contribution is 2.51. The number of aliphatic hydroxyl groups excluding tert-OH is 1. The summed E-state index contributed by atoms with van der Waals surface area (Å²) in [5.74, 6) is -2.19. The van der Waals surface area contributed by atoms with Crippen molar-refractivity contribution < 1.29 is 33.9 Å². The fourth-order valence-electron chi connectivity index (χ4n) is 17.2. The molecule has 0 unspecified atom stereocenters. The van der Waals surface area contributed by atoms with E-state index in [9.17, 15) is 33.9 Å². The Morgan fingerprint density at radius 1 is 0.375 bits per heavy atom. The van der Waals surface area contributed by atoms with Gasteiger partial charge in [-0.25, -0.2) is 0 Å². The minimum Gasteiger partial charge on any atom is -0.387 e. The minimum atomic E-state index is -0.420. The molecule has 0 spiro atoms. The van der Waals surface area contributed by atoms with Gasteiger partial charge in [-0.2, -0.15) is 0 Å². The molecule has 8 atom stereocenters. The summed E-state index contributed by atoms with van der Waals surface area (Å²) in [6.07, 6.45) is 18.4. The second-order valence-corrected chi connectivity index (χ2v) is 27.1. The van der Waals surface area contributed by atoms with Crippen LogP contribution >= 0.6 is 0 Å². The first-order chi connectivity index (χ1) is 46.9. The zero-order valence-corrected chi connectivity index (χ0v) is 53.8. The van der Waals surface area contributed by atoms with Gasteiger partial charge in [-0.05, 0) is 126 Å². The summed E-state index contributed by atoms with van der Waals surface area (Å²) >= 11 is 0. The van der Waals surface area contributed by atoms with Crippen molar-refractivity contribution in [2.24, 2.45) is 0 Å². The number of carbonyl (C=O) groups is 6. The number of H-pyrrole nitrogens is 3. The van der Waals surface area contributed by atoms with Crippen molar-refractivity contribution in [3.63, 3.8) is 0 Å². The Hall–Kier alpha value is -10.3. The number of aliphatic hydroxyl groups is 1. The molecule has 7 aromatic carbocycles. The van der Waals surface area contributed by atoms with Crippen LogP contribution in [0.2, 0.25) is 0 Å². The highest BCUT2D eigenvalue weighted by Gasteiger charge is 2.48. The number of aryl methyl sites for hydroxylation is 6. The van der Waals surface area contributed by atoms with Crippen LogP contribution in [0, 0.1) is 0 Å². The van der Waals surface area contributed by atoms with Gasteiger partial charge in [0.2, 0.25) is 0 Å². The summed E-state index contributed by atoms with van der Waals surface area (Å²) in [5.41, 5.74) is 17.6. The van der Waals surface area contributed by atoms with E-state index in [0.717, 1.165) is 146 Å². The number of aromatic nitrogens is 6. The molecular formula is C82H75N7O7. The number of hydrogen-bond acceptors (Lipinski definition) is 8. The van der Waals surface area contributed by atoms with E-state index < -0.39 is 41.6 Å². The van der Waals surface area contributed by atoms with Gasteiger partial charge in [0.25, 0.3) is 0 Å². The van der Waals surface area contributed by atoms with Gasteiger partial charge in [-0.1, -0.05) is 140 Å². The topological polar surface area (TPSA) is 197 Å². The molecular weight excluding hydrogens is 1190 g/mol. The summed E-state index contributed by atoms with van der Waals surface area (Å²) < 4.78 is 6.85. The molecule has 3 aliphatic heterocycles. The Morgan fingerprint density at radius 2 is 0.667 bits per heavy atom. The molecule has 14 nitrogen and oxygen atoms in total. The third kappa shape index (κ3) is 10.3. The van der Waals surface area contributed by atoms with Crippen LogP contribution in [-0.4, -0.2) is 81.5 Å². The molecule has 9 heterocycles. The number of nitrogens with one attached hydrogen (secondary N) is 4. The summed E-state index contributed by atoms with van der Waals surface area (Å²) in [6.45, 7) is 4.87. The molecule has 480 valence electrons. The Morgan fingerprint density at radius 3 is 0.990 bits per heavy atom. The largest absolute Gasteiger partial charge is 0.387 e. The zero-order chi connectivity index (χ0) is 65.5. The second-order valence-electron chi connectivity index (χ2n) is 27.1. The second kappa shape index (κ2) is 24.8. The Bertz CT molecular complexity index is 4790. The van der Waals surface area contributed by atoms with E-state index in [1.807, 2.05) is 136 Å². The van der Waals surface area contributed by atoms with E-state index in [1.165, 1.54) is 33.2 Å². The molecule has 96 heavy (non-hydrogen) atoms. The molecule has 6 aromatic heterocycles. The highest BCUT2D eigenvalue weighted by atomic mass is 16.3. The predicted molar refractivity (Wildman–Crippen MR) is 376 cm³/mol. The van der Waals surface area contributed by atoms with Crippen LogP contribution in [0.4, 0.5) is 0 Å². The predicted octanol–water partition coefficient (Wildman–Crippen LogP) is 14.8. The standard InChI is InChI=1S/3C24H20N2O2.C10H15NO/c3*27-20-11-21(28)23(22(20)17-12-25-19-9-2-1-7-15(17)19)18-13-26-10-4-6-14-5-3-8-16(18)24(14)26;1-8(11-2)10(12)9-6-4-3-5-7-9/h3*1-3,5,7-9,12-13,22-23,25H,4,6,10-11H2;3-8,10-12H,1-2H3/t3*22-,23-;8-,10+/m1100/s1. The molecule has 3 aliphatic carbocycles. The fraction of sp³-hybridized carbons (Fsp3) is 0.268. The molecule has 5 N–H and O–H groups in total. The number of Topliss-reactive ketones (excluding diaryl/α,β-unsaturated/α-hetero) is 6. The average Bonchev–Trinajstić information content (AvgIpc) is 1.59. The van der Waals surface area contributed by atoms with Crippen molar-refractivity contribution >= 4 is 100 Å². The molecule has 0 amide bonds. The first kappa shape index (κ1) is 60.6. The highest BCUT2D eigenvalue weighted by molar-refractivity contribution is 6.18. The van der Waals surface area contributed by atoms with Gasteiger partial charge >= 0.3 is 0 Å². The van der Waals surface area contributed by atoms with Crippen molar-refractivity contribution in [1.82, 2.24) is 34.0 Å². The summed E-state index contributed by atoms with van der Waals surface area (Å²) in [4.78, 5) is 87.8. The number of aromatic amines is 3. The number of para-hydroxylation sites is 6. The molecule has 3 fully saturated rings. The molecule has 6 aliphatic rings. The summed E-state index contributed by atoms with van der Waals surface area (Å²) in [6, 6.07) is 52.9. The number of nitrogens with zero attached hydrogens (tertiary/aromatic N) is 3. The molecule has 0 bridgehead atoms. The minimum absolute atomic E-state index is 0.0290. The maximum atomic E-state index is 13.0. The number of likely N-dealkylation sites (N-methyl/N-ethyl adjacent to an activating group) is 1. The van der Waals surface area contributed by atoms with Crippen LogP contribution in [0.1, 0.15) is 143 Å². The molecule has 0 saturated heterocycles. The Balaban J connectivity index is 0.000000104. The zero-order valence-electron chi connectivity index (χ0n) is 53.8. The smallest absolute Gasteiger partial charge is 0.148 e. The summed E-state index contributed by atoms with van der Waals surface area (Å²) in [7, 11) is 1.84. The Labute approximate surface area is 554 Å². The molecule has 14 heteroatoms. The lowest BCUT2D eigenvalue weighted by molar-refractivity contribution is -0.123. The molecule has 3 saturated carbocycles. The van der Waals surface area contributed by atoms with Crippen molar-refractivity contribution in [2.45, 2.75) is 132 Å². The van der Waals surface area contributed by atoms with Gasteiger partial charge in [0, 0.05) is 112 Å². The number of hydrogen-bond donors (Lipinski definition) is 5. The van der Waals surface area contributed by atoms with Crippen LogP contribution in [0.3, 0.4) is 0 Å². The lowest BCUT2D eigenvalue weighted by atomic mass is 9.83. The van der Waals surface area contributed by atoms with Crippen LogP contribution in [-0.2, 0) is 67.7 Å². The van der Waals surface area contributed by atoms with Crippen molar-refractivity contribution in [3.8, 4) is 0 Å². The molecule has 0 radical (unpaired) electrons. The SMILES string of the molecule is CN[C@@H](C)[C@@H](O)c1ccccc1.O=C1CC(=O)[C@@H](c2cn3c4c(cccc24)CCC3)[C@@H]1c1c[nH]c2ccccc12.O=C1CC(=O)[C@@H](c2cn3c4c(cccc24)CCC3)[C@@H]1c1c[nH]c2ccccc12.O=C1CC(=O)[C@H](c2cn3c4c(cccc24)CCC3)[C@H]1c1c[nH]c2ccccc12. The maximum absolute atomic E-state index is 13.0. The number of fused-ring (bicyclic) bond motifs is 3. The van der Waals surface area contributed by atoms with Gasteiger partial charge in [0.15, 0.2) is 0 Å². The van der Waals surface area contributed by atoms with Crippen LogP contribution in [0.25, 0.3) is 65.4 Å². The van der Waals surface area contributed by atoms with Gasteiger partial charge in [0.1, 0.15) is 34.7 Å². The number of ketones is 6.